The molecule has 36 heavy (non-hydrogen) atoms. The fourth-order valence-electron chi connectivity index (χ4n) is 3.93. The van der Waals surface area contributed by atoms with Crippen LogP contribution < -0.4 is 19.6 Å². The molecule has 0 saturated heterocycles. The Kier molecular flexibility index (Phi) is 7.87. The molecule has 4 rings (SSSR count). The van der Waals surface area contributed by atoms with Gasteiger partial charge in [-0.2, -0.15) is 0 Å². The van der Waals surface area contributed by atoms with Gasteiger partial charge in [-0.25, -0.2) is 9.79 Å². The van der Waals surface area contributed by atoms with E-state index in [1.165, 1.54) is 11.3 Å². The van der Waals surface area contributed by atoms with Gasteiger partial charge in [0, 0.05) is 5.02 Å². The molecule has 2 aromatic carbocycles. The molecule has 188 valence electrons. The maximum absolute atomic E-state index is 13.7. The van der Waals surface area contributed by atoms with E-state index < -0.39 is 12.0 Å². The molecular weight excluding hydrogens is 564 g/mol. The molecule has 0 aliphatic carbocycles. The van der Waals surface area contributed by atoms with Crippen LogP contribution in [0.2, 0.25) is 5.02 Å². The molecule has 9 heteroatoms. The van der Waals surface area contributed by atoms with Crippen LogP contribution >= 0.6 is 38.9 Å². The molecule has 0 bridgehead atoms. The van der Waals surface area contributed by atoms with Crippen LogP contribution in [-0.4, -0.2) is 22.7 Å². The number of fused-ring (bicyclic) bond motifs is 1. The van der Waals surface area contributed by atoms with Gasteiger partial charge < -0.3 is 9.47 Å². The van der Waals surface area contributed by atoms with Crippen molar-refractivity contribution in [2.45, 2.75) is 52.9 Å². The second-order valence-electron chi connectivity index (χ2n) is 8.94. The van der Waals surface area contributed by atoms with Crippen molar-refractivity contribution in [1.29, 1.82) is 0 Å². The molecule has 0 amide bonds. The van der Waals surface area contributed by atoms with Crippen molar-refractivity contribution in [2.24, 2.45) is 4.99 Å². The molecular formula is C27H26BrClN2O4S. The van der Waals surface area contributed by atoms with Crippen molar-refractivity contribution in [3.8, 4) is 5.75 Å². The number of halogens is 2. The molecule has 1 aliphatic heterocycles. The van der Waals surface area contributed by atoms with Gasteiger partial charge in [0.25, 0.3) is 5.56 Å². The van der Waals surface area contributed by atoms with E-state index in [2.05, 4.69) is 20.9 Å². The Balaban J connectivity index is 1.87. The molecule has 1 unspecified atom stereocenters. The number of thiazole rings is 1. The second-order valence-corrected chi connectivity index (χ2v) is 11.2. The third-order valence-electron chi connectivity index (χ3n) is 5.39. The number of nitrogens with zero attached hydrogens (tertiary/aromatic N) is 2. The van der Waals surface area contributed by atoms with E-state index in [-0.39, 0.29) is 17.8 Å². The normalized spacial score (nSPS) is 15.8. The first-order valence-corrected chi connectivity index (χ1v) is 13.5. The Morgan fingerprint density at radius 1 is 1.14 bits per heavy atom. The van der Waals surface area contributed by atoms with Gasteiger partial charge in [-0.15, -0.1) is 0 Å². The number of benzene rings is 2. The largest absolute Gasteiger partial charge is 0.490 e. The van der Waals surface area contributed by atoms with Crippen molar-refractivity contribution >= 4 is 50.9 Å². The highest BCUT2D eigenvalue weighted by Gasteiger charge is 2.33. The van der Waals surface area contributed by atoms with Crippen LogP contribution in [0.4, 0.5) is 0 Å². The lowest BCUT2D eigenvalue weighted by Gasteiger charge is -2.25. The first-order valence-electron chi connectivity index (χ1n) is 11.5. The zero-order valence-corrected chi connectivity index (χ0v) is 23.7. The summed E-state index contributed by atoms with van der Waals surface area (Å²) >= 11 is 10.9. The Morgan fingerprint density at radius 2 is 1.83 bits per heavy atom. The highest BCUT2D eigenvalue weighted by Crippen LogP contribution is 2.32. The number of carbonyl (C=O) groups excluding carboxylic acids is 1. The number of carbonyl (C=O) groups is 1. The molecule has 1 aliphatic rings. The Morgan fingerprint density at radius 3 is 2.44 bits per heavy atom. The van der Waals surface area contributed by atoms with E-state index in [0.717, 1.165) is 21.3 Å². The van der Waals surface area contributed by atoms with E-state index in [4.69, 9.17) is 21.1 Å². The number of aromatic nitrogens is 1. The topological polar surface area (TPSA) is 69.9 Å². The average molecular weight is 590 g/mol. The van der Waals surface area contributed by atoms with E-state index in [1.54, 1.807) is 37.5 Å². The predicted octanol–water partition coefficient (Wildman–Crippen LogP) is 5.39. The lowest BCUT2D eigenvalue weighted by atomic mass is 9.96. The highest BCUT2D eigenvalue weighted by molar-refractivity contribution is 9.10. The van der Waals surface area contributed by atoms with Gasteiger partial charge in [-0.05, 0) is 92.0 Å². The van der Waals surface area contributed by atoms with Gasteiger partial charge in [-0.1, -0.05) is 41.1 Å². The summed E-state index contributed by atoms with van der Waals surface area (Å²) in [6.45, 7) is 9.27. The molecule has 0 fully saturated rings. The summed E-state index contributed by atoms with van der Waals surface area (Å²) in [5, 5.41) is 0.564. The number of allylic oxidation sites excluding steroid dienone is 1. The molecule has 0 radical (unpaired) electrons. The predicted molar refractivity (Wildman–Crippen MR) is 146 cm³/mol. The summed E-state index contributed by atoms with van der Waals surface area (Å²) in [7, 11) is 0. The van der Waals surface area contributed by atoms with Gasteiger partial charge in [0.05, 0.1) is 38.5 Å². The lowest BCUT2D eigenvalue weighted by Crippen LogP contribution is -2.40. The second kappa shape index (κ2) is 10.7. The molecule has 0 N–H and O–H groups in total. The molecule has 0 saturated carbocycles. The SMILES string of the molecule is CC1=C(C(=O)OC(C)C)C(c2ccc(Cl)cc2)n2c(sc(=Cc3ccc(OC(C)C)c(Br)c3)c2=O)=N1. The summed E-state index contributed by atoms with van der Waals surface area (Å²) in [6, 6.07) is 12.1. The zero-order chi connectivity index (χ0) is 26.1. The fraction of sp³-hybridized carbons (Fsp3) is 0.296. The minimum Gasteiger partial charge on any atom is -0.490 e. The highest BCUT2D eigenvalue weighted by atomic mass is 79.9. The van der Waals surface area contributed by atoms with Crippen LogP contribution in [0.15, 0.2) is 68.0 Å². The summed E-state index contributed by atoms with van der Waals surface area (Å²) in [6.07, 6.45) is 1.55. The fourth-order valence-corrected chi connectivity index (χ4v) is 5.59. The average Bonchev–Trinajstić information content (AvgIpc) is 3.09. The van der Waals surface area contributed by atoms with Crippen molar-refractivity contribution in [2.75, 3.05) is 0 Å². The minimum absolute atomic E-state index is 0.0449. The van der Waals surface area contributed by atoms with Crippen LogP contribution in [-0.2, 0) is 9.53 Å². The van der Waals surface area contributed by atoms with Crippen LogP contribution in [0.1, 0.15) is 51.8 Å². The van der Waals surface area contributed by atoms with Gasteiger partial charge in [0.15, 0.2) is 4.80 Å². The molecule has 1 atom stereocenters. The number of ether oxygens (including phenoxy) is 2. The Hall–Kier alpha value is -2.68. The third-order valence-corrected chi connectivity index (χ3v) is 7.24. The van der Waals surface area contributed by atoms with E-state index in [1.807, 2.05) is 50.3 Å². The summed E-state index contributed by atoms with van der Waals surface area (Å²) in [5.74, 6) is 0.237. The Bertz CT molecular complexity index is 1520. The van der Waals surface area contributed by atoms with Crippen molar-refractivity contribution in [1.82, 2.24) is 4.57 Å². The molecule has 2 heterocycles. The summed E-state index contributed by atoms with van der Waals surface area (Å²) < 4.78 is 14.2. The van der Waals surface area contributed by atoms with Crippen LogP contribution in [0, 0.1) is 0 Å². The standard InChI is InChI=1S/C27H26BrClN2O4S/c1-14(2)34-21-11-6-17(12-20(21)28)13-22-25(32)31-24(18-7-9-19(29)10-8-18)23(26(33)35-15(3)4)16(5)30-27(31)36-22/h6-15,24H,1-5H3. The zero-order valence-electron chi connectivity index (χ0n) is 20.5. The van der Waals surface area contributed by atoms with Crippen molar-refractivity contribution in [3.05, 3.63) is 94.0 Å². The first-order chi connectivity index (χ1) is 17.0. The number of hydrogen-bond donors (Lipinski definition) is 0. The Labute approximate surface area is 226 Å². The smallest absolute Gasteiger partial charge is 0.338 e. The van der Waals surface area contributed by atoms with Crippen molar-refractivity contribution < 1.29 is 14.3 Å². The maximum atomic E-state index is 13.7. The lowest BCUT2D eigenvalue weighted by molar-refractivity contribution is -0.143. The third kappa shape index (κ3) is 5.51. The van der Waals surface area contributed by atoms with Gasteiger partial charge in [0.2, 0.25) is 0 Å². The molecule has 1 aromatic heterocycles. The van der Waals surface area contributed by atoms with E-state index >= 15 is 0 Å². The molecule has 0 spiro atoms. The maximum Gasteiger partial charge on any atom is 0.338 e. The first kappa shape index (κ1) is 26.4. The van der Waals surface area contributed by atoms with E-state index in [0.29, 0.717) is 25.6 Å². The van der Waals surface area contributed by atoms with Crippen LogP contribution in [0.5, 0.6) is 5.75 Å². The molecule has 6 nitrogen and oxygen atoms in total. The van der Waals surface area contributed by atoms with Crippen LogP contribution in [0.3, 0.4) is 0 Å². The number of esters is 1. The van der Waals surface area contributed by atoms with Gasteiger partial charge in [0.1, 0.15) is 5.75 Å². The van der Waals surface area contributed by atoms with Crippen molar-refractivity contribution in [3.63, 3.8) is 0 Å². The van der Waals surface area contributed by atoms with Crippen LogP contribution in [0.25, 0.3) is 6.08 Å². The summed E-state index contributed by atoms with van der Waals surface area (Å²) in [4.78, 5) is 32.0. The van der Waals surface area contributed by atoms with Gasteiger partial charge >= 0.3 is 5.97 Å². The van der Waals surface area contributed by atoms with E-state index in [9.17, 15) is 9.59 Å². The number of rotatable bonds is 6. The quantitative estimate of drug-likeness (QED) is 0.362. The minimum atomic E-state index is -0.680. The monoisotopic (exact) mass is 588 g/mol. The summed E-state index contributed by atoms with van der Waals surface area (Å²) in [5.41, 5.74) is 2.20. The molecule has 3 aromatic rings. The number of hydrogen-bond acceptors (Lipinski definition) is 6. The van der Waals surface area contributed by atoms with Gasteiger partial charge in [-0.3, -0.25) is 9.36 Å².